The highest BCUT2D eigenvalue weighted by molar-refractivity contribution is 7.88. The van der Waals surface area contributed by atoms with Gasteiger partial charge in [0.2, 0.25) is 5.91 Å². The summed E-state index contributed by atoms with van der Waals surface area (Å²) >= 11 is 0. The number of hydrogen-bond acceptors (Lipinski definition) is 7. The molecule has 2 heterocycles. The summed E-state index contributed by atoms with van der Waals surface area (Å²) < 4.78 is 72.0. The molecule has 0 unspecified atom stereocenters. The first-order valence-corrected chi connectivity index (χ1v) is 16.6. The van der Waals surface area contributed by atoms with Crippen LogP contribution in [0.5, 0.6) is 5.75 Å². The minimum atomic E-state index is -5.78. The number of alkyl halides is 3. The van der Waals surface area contributed by atoms with Crippen LogP contribution in [-0.2, 0) is 32.5 Å². The van der Waals surface area contributed by atoms with Gasteiger partial charge in [-0.05, 0) is 78.2 Å². The topological polar surface area (TPSA) is 131 Å². The third-order valence-electron chi connectivity index (χ3n) is 9.28. The van der Waals surface area contributed by atoms with Gasteiger partial charge in [-0.3, -0.25) is 4.79 Å². The summed E-state index contributed by atoms with van der Waals surface area (Å²) in [6.45, 7) is 4.26. The molecule has 2 atom stereocenters. The second kappa shape index (κ2) is 11.6. The Morgan fingerprint density at radius 1 is 1.07 bits per heavy atom. The second-order valence-electron chi connectivity index (χ2n) is 12.7. The highest BCUT2D eigenvalue weighted by Crippen LogP contribution is 2.58. The van der Waals surface area contributed by atoms with Crippen LogP contribution in [0.1, 0.15) is 62.5 Å². The molecule has 1 saturated heterocycles. The van der Waals surface area contributed by atoms with Gasteiger partial charge in [-0.1, -0.05) is 44.2 Å². The Labute approximate surface area is 264 Å². The van der Waals surface area contributed by atoms with Crippen molar-refractivity contribution < 1.29 is 40.1 Å². The number of carbonyl (C=O) groups excluding carboxylic acids is 2. The van der Waals surface area contributed by atoms with Gasteiger partial charge in [0, 0.05) is 12.1 Å². The molecule has 1 spiro atoms. The number of alkyl carbamates (subject to hydrolysis) is 1. The molecule has 0 bridgehead atoms. The number of likely N-dealkylation sites (tertiary alicyclic amines) is 1. The van der Waals surface area contributed by atoms with Gasteiger partial charge < -0.3 is 24.1 Å². The molecule has 1 saturated carbocycles. The number of hydrogen-bond donors (Lipinski definition) is 2. The minimum Gasteiger partial charge on any atom is -0.453 e. The van der Waals surface area contributed by atoms with E-state index in [4.69, 9.17) is 4.74 Å². The number of nitrogens with zero attached hydrogens (tertiary/aromatic N) is 2. The zero-order valence-electron chi connectivity index (χ0n) is 25.6. The summed E-state index contributed by atoms with van der Waals surface area (Å²) in [7, 11) is -4.53. The minimum absolute atomic E-state index is 0.0507. The summed E-state index contributed by atoms with van der Waals surface area (Å²) in [5.41, 5.74) is -0.972. The van der Waals surface area contributed by atoms with Crippen molar-refractivity contribution in [2.75, 3.05) is 13.7 Å². The molecular weight excluding hydrogens is 625 g/mol. The molecule has 2 aromatic carbocycles. The van der Waals surface area contributed by atoms with Gasteiger partial charge in [-0.15, -0.1) is 0 Å². The number of aromatic amines is 1. The molecule has 14 heteroatoms. The zero-order valence-corrected chi connectivity index (χ0v) is 26.4. The number of methoxy groups -OCH3 is 1. The van der Waals surface area contributed by atoms with E-state index in [1.807, 2.05) is 38.1 Å². The molecule has 6 rings (SSSR count). The molecule has 1 aliphatic heterocycles. The SMILES string of the molecule is COC(=O)N[C@H](C(=O)N1CCC[C@H]1c1ncc(-c2ccc(-c3ccc(OS(=O)(=O)C(F)(F)F)c4c3CC3(CC3)C4)cc2)[nH]1)C(C)C. The van der Waals surface area contributed by atoms with Crippen LogP contribution in [0, 0.1) is 11.3 Å². The fraction of sp³-hybridized carbons (Fsp3) is 0.469. The molecule has 1 aromatic heterocycles. The van der Waals surface area contributed by atoms with Crippen molar-refractivity contribution in [2.24, 2.45) is 11.3 Å². The number of carbonyl (C=O) groups is 2. The molecule has 2 fully saturated rings. The predicted molar refractivity (Wildman–Crippen MR) is 162 cm³/mol. The number of imidazole rings is 1. The molecule has 46 heavy (non-hydrogen) atoms. The van der Waals surface area contributed by atoms with E-state index in [0.29, 0.717) is 30.8 Å². The van der Waals surface area contributed by atoms with E-state index in [2.05, 4.69) is 19.5 Å². The van der Waals surface area contributed by atoms with Gasteiger partial charge >= 0.3 is 21.7 Å². The van der Waals surface area contributed by atoms with Crippen LogP contribution in [0.3, 0.4) is 0 Å². The highest BCUT2D eigenvalue weighted by Gasteiger charge is 2.51. The molecule has 2 amide bonds. The summed E-state index contributed by atoms with van der Waals surface area (Å²) in [6.07, 6.45) is 5.54. The average Bonchev–Trinajstić information content (AvgIpc) is 3.38. The number of rotatable bonds is 8. The summed E-state index contributed by atoms with van der Waals surface area (Å²) in [5.74, 6) is 0.0356. The van der Waals surface area contributed by atoms with Crippen molar-refractivity contribution in [3.05, 3.63) is 59.5 Å². The number of aromatic nitrogens is 2. The van der Waals surface area contributed by atoms with Crippen LogP contribution in [0.15, 0.2) is 42.6 Å². The van der Waals surface area contributed by atoms with Crippen molar-refractivity contribution in [2.45, 2.75) is 70.0 Å². The maximum absolute atomic E-state index is 13.5. The molecule has 0 radical (unpaired) electrons. The summed E-state index contributed by atoms with van der Waals surface area (Å²) in [4.78, 5) is 35.0. The standard InChI is InChI=1S/C32H35F3N4O6S/c1-18(2)27(38-30(41)44-3)29(40)39-14-4-5-25(39)28-36-17-24(37-28)20-8-6-19(7-9-20)21-10-11-26(45-46(42,43)32(33,34)35)23-16-31(12-13-31)15-22(21)23/h6-11,17-18,25,27H,4-5,12-16H2,1-3H3,(H,36,37)(H,38,41)/t25-,27-/m0/s1. The lowest BCUT2D eigenvalue weighted by Gasteiger charge is -2.30. The predicted octanol–water partition coefficient (Wildman–Crippen LogP) is 5.90. The van der Waals surface area contributed by atoms with Gasteiger partial charge in [0.05, 0.1) is 25.0 Å². The lowest BCUT2D eigenvalue weighted by molar-refractivity contribution is -0.135. The summed E-state index contributed by atoms with van der Waals surface area (Å²) in [5, 5.41) is 2.64. The van der Waals surface area contributed by atoms with Crippen molar-refractivity contribution in [1.82, 2.24) is 20.2 Å². The molecule has 3 aliphatic rings. The Morgan fingerprint density at radius 3 is 2.37 bits per heavy atom. The van der Waals surface area contributed by atoms with Gasteiger partial charge in [-0.2, -0.15) is 21.6 Å². The van der Waals surface area contributed by atoms with E-state index in [0.717, 1.165) is 53.6 Å². The van der Waals surface area contributed by atoms with Crippen LogP contribution < -0.4 is 9.50 Å². The van der Waals surface area contributed by atoms with Crippen LogP contribution in [0.2, 0.25) is 0 Å². The van der Waals surface area contributed by atoms with Crippen LogP contribution in [0.25, 0.3) is 22.4 Å². The Morgan fingerprint density at radius 2 is 1.74 bits per heavy atom. The van der Waals surface area contributed by atoms with Crippen molar-refractivity contribution in [3.8, 4) is 28.1 Å². The number of amides is 2. The molecule has 246 valence electrons. The number of halogens is 3. The third-order valence-corrected chi connectivity index (χ3v) is 10.2. The molecule has 2 N–H and O–H groups in total. The monoisotopic (exact) mass is 660 g/mol. The number of fused-ring (bicyclic) bond motifs is 1. The van der Waals surface area contributed by atoms with Crippen LogP contribution >= 0.6 is 0 Å². The number of ether oxygens (including phenoxy) is 1. The lowest BCUT2D eigenvalue weighted by atomic mass is 9.95. The number of benzene rings is 2. The average molecular weight is 661 g/mol. The van der Waals surface area contributed by atoms with Crippen molar-refractivity contribution >= 4 is 22.1 Å². The second-order valence-corrected chi connectivity index (χ2v) is 14.2. The molecule has 2 aliphatic carbocycles. The first-order valence-electron chi connectivity index (χ1n) is 15.2. The van der Waals surface area contributed by atoms with E-state index in [1.165, 1.54) is 13.2 Å². The van der Waals surface area contributed by atoms with Crippen molar-refractivity contribution in [1.29, 1.82) is 0 Å². The normalized spacial score (nSPS) is 19.3. The maximum Gasteiger partial charge on any atom is 0.534 e. The maximum atomic E-state index is 13.5. The number of nitrogens with one attached hydrogen (secondary N) is 2. The quantitative estimate of drug-likeness (QED) is 0.228. The lowest BCUT2D eigenvalue weighted by Crippen LogP contribution is -2.51. The van der Waals surface area contributed by atoms with E-state index >= 15 is 0 Å². The van der Waals surface area contributed by atoms with E-state index in [1.54, 1.807) is 17.2 Å². The smallest absolute Gasteiger partial charge is 0.453 e. The zero-order chi connectivity index (χ0) is 33.0. The molecule has 3 aromatic rings. The largest absolute Gasteiger partial charge is 0.534 e. The Kier molecular flexibility index (Phi) is 8.06. The Bertz CT molecular complexity index is 1770. The Hall–Kier alpha value is -4.07. The molecule has 10 nitrogen and oxygen atoms in total. The van der Waals surface area contributed by atoms with Gasteiger partial charge in [-0.25, -0.2) is 9.78 Å². The van der Waals surface area contributed by atoms with Gasteiger partial charge in [0.1, 0.15) is 17.6 Å². The van der Waals surface area contributed by atoms with Crippen LogP contribution in [0.4, 0.5) is 18.0 Å². The fourth-order valence-corrected chi connectivity index (χ4v) is 7.09. The fourth-order valence-electron chi connectivity index (χ4n) is 6.60. The van der Waals surface area contributed by atoms with Gasteiger partial charge in [0.15, 0.2) is 0 Å². The summed E-state index contributed by atoms with van der Waals surface area (Å²) in [6, 6.07) is 9.56. The van der Waals surface area contributed by atoms with Crippen LogP contribution in [-0.4, -0.2) is 60.5 Å². The van der Waals surface area contributed by atoms with E-state index < -0.39 is 27.8 Å². The van der Waals surface area contributed by atoms with Crippen molar-refractivity contribution in [3.63, 3.8) is 0 Å². The third kappa shape index (κ3) is 5.94. The highest BCUT2D eigenvalue weighted by atomic mass is 32.2. The Balaban J connectivity index is 1.22. The first-order chi connectivity index (χ1) is 21.7. The first kappa shape index (κ1) is 31.9. The number of H-pyrrole nitrogens is 1. The molecular formula is C32H35F3N4O6S. The van der Waals surface area contributed by atoms with Gasteiger partial charge in [0.25, 0.3) is 0 Å². The van der Waals surface area contributed by atoms with E-state index in [9.17, 15) is 31.2 Å². The van der Waals surface area contributed by atoms with E-state index in [-0.39, 0.29) is 29.0 Å².